The van der Waals surface area contributed by atoms with Crippen LogP contribution < -0.4 is 10.1 Å². The third-order valence-corrected chi connectivity index (χ3v) is 3.55. The van der Waals surface area contributed by atoms with Crippen LogP contribution in [0.3, 0.4) is 0 Å². The number of amides is 1. The molecular formula is C18H19F2NO2. The quantitative estimate of drug-likeness (QED) is 0.901. The van der Waals surface area contributed by atoms with Gasteiger partial charge >= 0.3 is 0 Å². The van der Waals surface area contributed by atoms with E-state index in [0.29, 0.717) is 0 Å². The van der Waals surface area contributed by atoms with Gasteiger partial charge in [0.25, 0.3) is 5.91 Å². The van der Waals surface area contributed by atoms with Crippen molar-refractivity contribution in [3.8, 4) is 5.75 Å². The Hall–Kier alpha value is -2.43. The topological polar surface area (TPSA) is 38.3 Å². The molecule has 0 spiro atoms. The van der Waals surface area contributed by atoms with Gasteiger partial charge in [0.15, 0.2) is 0 Å². The lowest BCUT2D eigenvalue weighted by molar-refractivity contribution is 0.0924. The Balaban J connectivity index is 2.22. The molecule has 0 fully saturated rings. The van der Waals surface area contributed by atoms with Gasteiger partial charge in [-0.15, -0.1) is 0 Å². The SMILES string of the molecule is COc1ccc([C@H](NC(=O)c2cc(F)cc(F)c2)C(C)C)cc1. The number of carbonyl (C=O) groups excluding carboxylic acids is 1. The van der Waals surface area contributed by atoms with Gasteiger partial charge in [0.05, 0.1) is 13.2 Å². The van der Waals surface area contributed by atoms with E-state index in [1.165, 1.54) is 0 Å². The predicted octanol–water partition coefficient (Wildman–Crippen LogP) is 4.10. The Labute approximate surface area is 134 Å². The molecule has 0 heterocycles. The second-order valence-corrected chi connectivity index (χ2v) is 5.63. The third-order valence-electron chi connectivity index (χ3n) is 3.55. The summed E-state index contributed by atoms with van der Waals surface area (Å²) in [4.78, 5) is 12.3. The maximum absolute atomic E-state index is 13.3. The number of halogens is 2. The predicted molar refractivity (Wildman–Crippen MR) is 84.4 cm³/mol. The summed E-state index contributed by atoms with van der Waals surface area (Å²) in [5.74, 6) is -1.25. The lowest BCUT2D eigenvalue weighted by Crippen LogP contribution is -2.31. The number of rotatable bonds is 5. The van der Waals surface area contributed by atoms with Crippen LogP contribution in [0.1, 0.15) is 35.8 Å². The van der Waals surface area contributed by atoms with E-state index in [1.54, 1.807) is 19.2 Å². The van der Waals surface area contributed by atoms with Crippen molar-refractivity contribution in [1.82, 2.24) is 5.32 Å². The third kappa shape index (κ3) is 4.28. The first kappa shape index (κ1) is 16.9. The number of hydrogen-bond donors (Lipinski definition) is 1. The number of nitrogens with one attached hydrogen (secondary N) is 1. The second kappa shape index (κ2) is 7.22. The van der Waals surface area contributed by atoms with Gasteiger partial charge in [-0.1, -0.05) is 26.0 Å². The summed E-state index contributed by atoms with van der Waals surface area (Å²) in [6.45, 7) is 3.92. The van der Waals surface area contributed by atoms with Crippen molar-refractivity contribution in [2.75, 3.05) is 7.11 Å². The largest absolute Gasteiger partial charge is 0.497 e. The molecule has 2 aromatic rings. The van der Waals surface area contributed by atoms with Gasteiger partial charge in [-0.25, -0.2) is 8.78 Å². The average molecular weight is 319 g/mol. The number of hydrogen-bond acceptors (Lipinski definition) is 2. The molecule has 122 valence electrons. The van der Waals surface area contributed by atoms with Gasteiger partial charge in [-0.2, -0.15) is 0 Å². The zero-order valence-electron chi connectivity index (χ0n) is 13.3. The van der Waals surface area contributed by atoms with Gasteiger partial charge in [0.1, 0.15) is 17.4 Å². The highest BCUT2D eigenvalue weighted by molar-refractivity contribution is 5.94. The molecule has 0 aliphatic heterocycles. The molecule has 0 aromatic heterocycles. The van der Waals surface area contributed by atoms with Crippen molar-refractivity contribution >= 4 is 5.91 Å². The number of carbonyl (C=O) groups is 1. The number of ether oxygens (including phenoxy) is 1. The van der Waals surface area contributed by atoms with E-state index in [2.05, 4.69) is 5.32 Å². The van der Waals surface area contributed by atoms with Crippen LogP contribution in [0.2, 0.25) is 0 Å². The molecule has 5 heteroatoms. The molecule has 23 heavy (non-hydrogen) atoms. The molecule has 0 saturated heterocycles. The highest BCUT2D eigenvalue weighted by atomic mass is 19.1. The first-order chi connectivity index (χ1) is 10.9. The van der Waals surface area contributed by atoms with Crippen LogP contribution in [-0.2, 0) is 0 Å². The lowest BCUT2D eigenvalue weighted by Gasteiger charge is -2.23. The van der Waals surface area contributed by atoms with Crippen molar-refractivity contribution in [2.24, 2.45) is 5.92 Å². The molecule has 2 aromatic carbocycles. The van der Waals surface area contributed by atoms with Crippen LogP contribution in [0.4, 0.5) is 8.78 Å². The summed E-state index contributed by atoms with van der Waals surface area (Å²) in [7, 11) is 1.58. The maximum atomic E-state index is 13.3. The number of methoxy groups -OCH3 is 1. The molecular weight excluding hydrogens is 300 g/mol. The summed E-state index contributed by atoms with van der Waals surface area (Å²) in [6.07, 6.45) is 0. The first-order valence-electron chi connectivity index (χ1n) is 7.31. The van der Waals surface area contributed by atoms with E-state index >= 15 is 0 Å². The van der Waals surface area contributed by atoms with Crippen molar-refractivity contribution in [3.63, 3.8) is 0 Å². The summed E-state index contributed by atoms with van der Waals surface area (Å²) >= 11 is 0. The van der Waals surface area contributed by atoms with E-state index in [1.807, 2.05) is 26.0 Å². The molecule has 0 aliphatic rings. The Morgan fingerprint density at radius 2 is 1.61 bits per heavy atom. The lowest BCUT2D eigenvalue weighted by atomic mass is 9.95. The molecule has 3 nitrogen and oxygen atoms in total. The second-order valence-electron chi connectivity index (χ2n) is 5.63. The van der Waals surface area contributed by atoms with Crippen LogP contribution in [0.5, 0.6) is 5.75 Å². The molecule has 1 atom stereocenters. The van der Waals surface area contributed by atoms with Crippen LogP contribution >= 0.6 is 0 Å². The van der Waals surface area contributed by atoms with E-state index in [4.69, 9.17) is 4.74 Å². The van der Waals surface area contributed by atoms with Crippen molar-refractivity contribution in [2.45, 2.75) is 19.9 Å². The molecule has 0 bridgehead atoms. The van der Waals surface area contributed by atoms with E-state index in [0.717, 1.165) is 29.5 Å². The van der Waals surface area contributed by atoms with E-state index < -0.39 is 17.5 Å². The van der Waals surface area contributed by atoms with Crippen molar-refractivity contribution in [3.05, 3.63) is 65.2 Å². The zero-order valence-corrected chi connectivity index (χ0v) is 13.3. The van der Waals surface area contributed by atoms with Crippen LogP contribution in [-0.4, -0.2) is 13.0 Å². The number of benzene rings is 2. The van der Waals surface area contributed by atoms with Crippen LogP contribution in [0.15, 0.2) is 42.5 Å². The minimum Gasteiger partial charge on any atom is -0.497 e. The van der Waals surface area contributed by atoms with Gasteiger partial charge in [0, 0.05) is 11.6 Å². The normalized spacial score (nSPS) is 12.1. The van der Waals surface area contributed by atoms with Crippen LogP contribution in [0, 0.1) is 17.6 Å². The monoisotopic (exact) mass is 319 g/mol. The summed E-state index contributed by atoms with van der Waals surface area (Å²) in [5.41, 5.74) is 0.854. The summed E-state index contributed by atoms with van der Waals surface area (Å²) in [6, 6.07) is 9.82. The first-order valence-corrected chi connectivity index (χ1v) is 7.31. The molecule has 2 rings (SSSR count). The Morgan fingerprint density at radius 1 is 1.04 bits per heavy atom. The summed E-state index contributed by atoms with van der Waals surface area (Å²) < 4.78 is 31.6. The highest BCUT2D eigenvalue weighted by Crippen LogP contribution is 2.24. The molecule has 0 radical (unpaired) electrons. The fourth-order valence-corrected chi connectivity index (χ4v) is 2.36. The Bertz CT molecular complexity index is 664. The minimum atomic E-state index is -0.777. The summed E-state index contributed by atoms with van der Waals surface area (Å²) in [5, 5.41) is 2.83. The van der Waals surface area contributed by atoms with Gasteiger partial charge < -0.3 is 10.1 Å². The minimum absolute atomic E-state index is 0.0401. The van der Waals surface area contributed by atoms with E-state index in [9.17, 15) is 13.6 Å². The smallest absolute Gasteiger partial charge is 0.251 e. The average Bonchev–Trinajstić information content (AvgIpc) is 2.51. The Kier molecular flexibility index (Phi) is 5.32. The molecule has 1 amide bonds. The standard InChI is InChI=1S/C18H19F2NO2/c1-11(2)17(12-4-6-16(23-3)7-5-12)21-18(22)13-8-14(19)10-15(20)9-13/h4-11,17H,1-3H3,(H,21,22)/t17-/m1/s1. The van der Waals surface area contributed by atoms with Gasteiger partial charge in [-0.3, -0.25) is 4.79 Å². The van der Waals surface area contributed by atoms with Crippen molar-refractivity contribution < 1.29 is 18.3 Å². The van der Waals surface area contributed by atoms with E-state index in [-0.39, 0.29) is 17.5 Å². The van der Waals surface area contributed by atoms with Crippen molar-refractivity contribution in [1.29, 1.82) is 0 Å². The fraction of sp³-hybridized carbons (Fsp3) is 0.278. The molecule has 0 saturated carbocycles. The highest BCUT2D eigenvalue weighted by Gasteiger charge is 2.20. The van der Waals surface area contributed by atoms with Gasteiger partial charge in [0.2, 0.25) is 0 Å². The Morgan fingerprint density at radius 3 is 2.09 bits per heavy atom. The molecule has 0 aliphatic carbocycles. The zero-order chi connectivity index (χ0) is 17.0. The fourth-order valence-electron chi connectivity index (χ4n) is 2.36. The van der Waals surface area contributed by atoms with Crippen LogP contribution in [0.25, 0.3) is 0 Å². The molecule has 0 unspecified atom stereocenters. The molecule has 1 N–H and O–H groups in total. The maximum Gasteiger partial charge on any atom is 0.251 e. The van der Waals surface area contributed by atoms with Gasteiger partial charge in [-0.05, 0) is 35.7 Å².